The van der Waals surface area contributed by atoms with E-state index in [2.05, 4.69) is 0 Å². The summed E-state index contributed by atoms with van der Waals surface area (Å²) in [7, 11) is 1.62. The molecule has 23 heavy (non-hydrogen) atoms. The van der Waals surface area contributed by atoms with Crippen LogP contribution in [0.5, 0.6) is 0 Å². The number of carbonyl (C=O) groups excluding carboxylic acids is 1. The van der Waals surface area contributed by atoms with Crippen LogP contribution in [0, 0.1) is 18.6 Å². The highest BCUT2D eigenvalue weighted by Crippen LogP contribution is 2.33. The summed E-state index contributed by atoms with van der Waals surface area (Å²) < 4.78 is 28.4. The van der Waals surface area contributed by atoms with Crippen LogP contribution in [-0.2, 0) is 6.54 Å². The molecule has 0 aliphatic heterocycles. The predicted molar refractivity (Wildman–Crippen MR) is 88.7 cm³/mol. The zero-order valence-corrected chi connectivity index (χ0v) is 13.6. The van der Waals surface area contributed by atoms with Crippen molar-refractivity contribution in [3.63, 3.8) is 0 Å². The fraction of sp³-hybridized carbons (Fsp3) is 0.167. The summed E-state index contributed by atoms with van der Waals surface area (Å²) in [6.07, 6.45) is 0. The van der Waals surface area contributed by atoms with Crippen molar-refractivity contribution in [3.8, 4) is 0 Å². The number of hydrogen-bond donors (Lipinski definition) is 0. The van der Waals surface area contributed by atoms with Crippen molar-refractivity contribution in [3.05, 3.63) is 70.1 Å². The molecule has 2 nitrogen and oxygen atoms in total. The van der Waals surface area contributed by atoms with Crippen molar-refractivity contribution in [1.82, 2.24) is 4.90 Å². The van der Waals surface area contributed by atoms with E-state index in [0.717, 1.165) is 4.70 Å². The summed E-state index contributed by atoms with van der Waals surface area (Å²) in [6.45, 7) is 1.91. The Kier molecular flexibility index (Phi) is 4.13. The third-order valence-corrected chi connectivity index (χ3v) is 5.05. The third kappa shape index (κ3) is 2.84. The number of carbonyl (C=O) groups is 1. The summed E-state index contributed by atoms with van der Waals surface area (Å²) in [4.78, 5) is 14.6. The van der Waals surface area contributed by atoms with Gasteiger partial charge in [-0.05, 0) is 30.7 Å². The number of fused-ring (bicyclic) bond motifs is 1. The van der Waals surface area contributed by atoms with E-state index in [1.54, 1.807) is 44.3 Å². The third-order valence-electron chi connectivity index (χ3n) is 3.81. The fourth-order valence-corrected chi connectivity index (χ4v) is 3.80. The highest BCUT2D eigenvalue weighted by Gasteiger charge is 2.21. The van der Waals surface area contributed by atoms with Crippen molar-refractivity contribution in [2.24, 2.45) is 0 Å². The Morgan fingerprint density at radius 1 is 1.09 bits per heavy atom. The molecule has 3 aromatic rings. The molecule has 0 fully saturated rings. The quantitative estimate of drug-likeness (QED) is 0.677. The molecule has 0 N–H and O–H groups in total. The van der Waals surface area contributed by atoms with E-state index in [1.807, 2.05) is 0 Å². The molecule has 0 aliphatic rings. The molecule has 0 saturated carbocycles. The molecular weight excluding hydrogens is 316 g/mol. The number of thiophene rings is 1. The first-order valence-electron chi connectivity index (χ1n) is 7.15. The zero-order chi connectivity index (χ0) is 16.6. The van der Waals surface area contributed by atoms with Crippen molar-refractivity contribution in [1.29, 1.82) is 0 Å². The largest absolute Gasteiger partial charge is 0.337 e. The van der Waals surface area contributed by atoms with Crippen LogP contribution in [0.1, 0.15) is 20.8 Å². The minimum atomic E-state index is -0.341. The SMILES string of the molecule is Cc1c(C(=O)N(C)Cc2ccccc2F)sc2cccc(F)c12. The minimum Gasteiger partial charge on any atom is -0.337 e. The molecule has 0 saturated heterocycles. The Hall–Kier alpha value is -2.27. The first-order chi connectivity index (χ1) is 11.0. The van der Waals surface area contributed by atoms with E-state index in [0.29, 0.717) is 21.4 Å². The van der Waals surface area contributed by atoms with E-state index in [1.165, 1.54) is 28.4 Å². The van der Waals surface area contributed by atoms with Gasteiger partial charge in [0.05, 0.1) is 4.88 Å². The van der Waals surface area contributed by atoms with Gasteiger partial charge in [-0.2, -0.15) is 0 Å². The highest BCUT2D eigenvalue weighted by atomic mass is 32.1. The molecular formula is C18H15F2NOS. The first kappa shape index (κ1) is 15.6. The Morgan fingerprint density at radius 3 is 2.48 bits per heavy atom. The van der Waals surface area contributed by atoms with Crippen molar-refractivity contribution in [2.45, 2.75) is 13.5 Å². The highest BCUT2D eigenvalue weighted by molar-refractivity contribution is 7.21. The molecule has 0 aliphatic carbocycles. The van der Waals surface area contributed by atoms with Crippen LogP contribution in [0.4, 0.5) is 8.78 Å². The number of amides is 1. The summed E-state index contributed by atoms with van der Waals surface area (Å²) in [5.41, 5.74) is 1.08. The normalized spacial score (nSPS) is 11.0. The number of rotatable bonds is 3. The predicted octanol–water partition coefficient (Wildman–Crippen LogP) is 4.76. The topological polar surface area (TPSA) is 20.3 Å². The van der Waals surface area contributed by atoms with Crippen LogP contribution in [-0.4, -0.2) is 17.9 Å². The average molecular weight is 331 g/mol. The van der Waals surface area contributed by atoms with Gasteiger partial charge in [0.1, 0.15) is 11.6 Å². The Bertz CT molecular complexity index is 888. The van der Waals surface area contributed by atoms with Crippen LogP contribution >= 0.6 is 11.3 Å². The summed E-state index contributed by atoms with van der Waals surface area (Å²) in [6, 6.07) is 11.2. The maximum atomic E-state index is 14.0. The monoisotopic (exact) mass is 331 g/mol. The molecule has 0 atom stereocenters. The summed E-state index contributed by atoms with van der Waals surface area (Å²) in [5.74, 6) is -0.898. The van der Waals surface area contributed by atoms with Gasteiger partial charge in [0.15, 0.2) is 0 Å². The van der Waals surface area contributed by atoms with E-state index < -0.39 is 0 Å². The van der Waals surface area contributed by atoms with Gasteiger partial charge in [0.2, 0.25) is 0 Å². The molecule has 1 amide bonds. The van der Waals surface area contributed by atoms with Crippen LogP contribution < -0.4 is 0 Å². The summed E-state index contributed by atoms with van der Waals surface area (Å²) in [5, 5.41) is 0.486. The minimum absolute atomic E-state index is 0.168. The Morgan fingerprint density at radius 2 is 1.78 bits per heavy atom. The van der Waals surface area contributed by atoms with E-state index >= 15 is 0 Å². The van der Waals surface area contributed by atoms with Crippen molar-refractivity contribution >= 4 is 27.3 Å². The first-order valence-corrected chi connectivity index (χ1v) is 7.97. The second kappa shape index (κ2) is 6.08. The van der Waals surface area contributed by atoms with E-state index in [9.17, 15) is 13.6 Å². The molecule has 118 valence electrons. The molecule has 2 aromatic carbocycles. The number of halogens is 2. The molecule has 0 bridgehead atoms. The van der Waals surface area contributed by atoms with Gasteiger partial charge in [-0.15, -0.1) is 11.3 Å². The Labute approximate surface area is 137 Å². The number of benzene rings is 2. The second-order valence-corrected chi connectivity index (χ2v) is 6.47. The van der Waals surface area contributed by atoms with Gasteiger partial charge >= 0.3 is 0 Å². The molecule has 1 aromatic heterocycles. The van der Waals surface area contributed by atoms with Crippen molar-refractivity contribution < 1.29 is 13.6 Å². The van der Waals surface area contributed by atoms with Gasteiger partial charge in [0, 0.05) is 29.2 Å². The molecule has 0 unspecified atom stereocenters. The number of aryl methyl sites for hydroxylation is 1. The van der Waals surface area contributed by atoms with Gasteiger partial charge < -0.3 is 4.90 Å². The standard InChI is InChI=1S/C18H15F2NOS/c1-11-16-14(20)8-5-9-15(16)23-17(11)18(22)21(2)10-12-6-3-4-7-13(12)19/h3-9H,10H2,1-2H3. The van der Waals surface area contributed by atoms with Gasteiger partial charge in [-0.1, -0.05) is 24.3 Å². The molecule has 3 rings (SSSR count). The summed E-state index contributed by atoms with van der Waals surface area (Å²) >= 11 is 1.26. The number of nitrogens with zero attached hydrogens (tertiary/aromatic N) is 1. The maximum absolute atomic E-state index is 14.0. The lowest BCUT2D eigenvalue weighted by molar-refractivity contribution is 0.0788. The maximum Gasteiger partial charge on any atom is 0.264 e. The Balaban J connectivity index is 1.93. The van der Waals surface area contributed by atoms with Gasteiger partial charge in [0.25, 0.3) is 5.91 Å². The molecule has 5 heteroatoms. The second-order valence-electron chi connectivity index (χ2n) is 5.42. The molecule has 1 heterocycles. The lowest BCUT2D eigenvalue weighted by Crippen LogP contribution is -2.26. The smallest absolute Gasteiger partial charge is 0.264 e. The lowest BCUT2D eigenvalue weighted by Gasteiger charge is -2.17. The lowest BCUT2D eigenvalue weighted by atomic mass is 10.1. The van der Waals surface area contributed by atoms with E-state index in [4.69, 9.17) is 0 Å². The molecule has 0 spiro atoms. The van der Waals surface area contributed by atoms with Crippen LogP contribution in [0.15, 0.2) is 42.5 Å². The van der Waals surface area contributed by atoms with Gasteiger partial charge in [-0.25, -0.2) is 8.78 Å². The fourth-order valence-electron chi connectivity index (χ4n) is 2.58. The number of hydrogen-bond acceptors (Lipinski definition) is 2. The molecule has 0 radical (unpaired) electrons. The average Bonchev–Trinajstić information content (AvgIpc) is 2.87. The van der Waals surface area contributed by atoms with Crippen LogP contribution in [0.3, 0.4) is 0 Å². The van der Waals surface area contributed by atoms with E-state index in [-0.39, 0.29) is 24.1 Å². The van der Waals surface area contributed by atoms with Crippen LogP contribution in [0.2, 0.25) is 0 Å². The van der Waals surface area contributed by atoms with Gasteiger partial charge in [-0.3, -0.25) is 4.79 Å². The van der Waals surface area contributed by atoms with Crippen LogP contribution in [0.25, 0.3) is 10.1 Å². The van der Waals surface area contributed by atoms with Crippen molar-refractivity contribution in [2.75, 3.05) is 7.05 Å². The zero-order valence-electron chi connectivity index (χ0n) is 12.8.